The second kappa shape index (κ2) is 8.93. The molecule has 0 unspecified atom stereocenters. The number of nitrogens with zero attached hydrogens (tertiary/aromatic N) is 5. The fourth-order valence-corrected chi connectivity index (χ4v) is 3.84. The molecule has 5 heterocycles. The summed E-state index contributed by atoms with van der Waals surface area (Å²) in [5, 5.41) is 13.5. The molecule has 0 saturated carbocycles. The van der Waals surface area contributed by atoms with E-state index in [-0.39, 0.29) is 17.7 Å². The molecule has 0 saturated heterocycles. The number of nitrogens with one attached hydrogen (secondary N) is 4. The molecule has 5 aromatic heterocycles. The highest BCUT2D eigenvalue weighted by Gasteiger charge is 2.18. The van der Waals surface area contributed by atoms with Crippen molar-refractivity contribution in [1.82, 2.24) is 40.4 Å². The predicted octanol–water partition coefficient (Wildman–Crippen LogP) is 3.30. The van der Waals surface area contributed by atoms with Crippen LogP contribution in [0.5, 0.6) is 0 Å². The molecular weight excluding hydrogens is 446 g/mol. The first-order valence-electron chi connectivity index (χ1n) is 11.1. The van der Waals surface area contributed by atoms with E-state index < -0.39 is 0 Å². The van der Waals surface area contributed by atoms with Gasteiger partial charge in [-0.3, -0.25) is 19.7 Å². The molecule has 0 bridgehead atoms. The normalized spacial score (nSPS) is 11.3. The van der Waals surface area contributed by atoms with Crippen molar-refractivity contribution in [2.24, 2.45) is 5.92 Å². The third-order valence-electron chi connectivity index (χ3n) is 5.46. The molecule has 5 aromatic rings. The van der Waals surface area contributed by atoms with E-state index in [0.717, 1.165) is 16.5 Å². The van der Waals surface area contributed by atoms with Crippen LogP contribution >= 0.6 is 0 Å². The third-order valence-corrected chi connectivity index (χ3v) is 5.46. The van der Waals surface area contributed by atoms with Crippen LogP contribution in [0.15, 0.2) is 43.0 Å². The standard InChI is InChI=1S/C24H23N9O2/c1-12(2)6-18(34)29-15-7-13(9-26-11-15)14-8-17-20(32-33-21(17)28-10-14)23-30-19-16(24(35)25-3)4-5-27-22(19)31-23/h4-5,7-12H,6H2,1-3H3,(H,25,35)(H,29,34)(H,27,30,31)(H,28,32,33). The number of aromatic amines is 2. The Morgan fingerprint density at radius 1 is 1.06 bits per heavy atom. The second-order valence-corrected chi connectivity index (χ2v) is 8.52. The van der Waals surface area contributed by atoms with Crippen molar-refractivity contribution in [3.8, 4) is 22.6 Å². The van der Waals surface area contributed by atoms with Gasteiger partial charge in [0.05, 0.1) is 28.4 Å². The van der Waals surface area contributed by atoms with Crippen LogP contribution in [0.3, 0.4) is 0 Å². The molecule has 0 aliphatic heterocycles. The van der Waals surface area contributed by atoms with E-state index in [9.17, 15) is 9.59 Å². The van der Waals surface area contributed by atoms with E-state index in [1.807, 2.05) is 26.0 Å². The van der Waals surface area contributed by atoms with Crippen LogP contribution in [-0.4, -0.2) is 54.0 Å². The molecule has 0 spiro atoms. The number of fused-ring (bicyclic) bond motifs is 2. The number of pyridine rings is 3. The van der Waals surface area contributed by atoms with Crippen molar-refractivity contribution in [3.63, 3.8) is 0 Å². The predicted molar refractivity (Wildman–Crippen MR) is 131 cm³/mol. The Bertz CT molecular complexity index is 1570. The highest BCUT2D eigenvalue weighted by atomic mass is 16.2. The quantitative estimate of drug-likeness (QED) is 0.297. The molecule has 0 radical (unpaired) electrons. The number of aromatic nitrogens is 7. The van der Waals surface area contributed by atoms with Gasteiger partial charge in [-0.2, -0.15) is 5.10 Å². The van der Waals surface area contributed by atoms with Gasteiger partial charge in [-0.05, 0) is 24.1 Å². The van der Waals surface area contributed by atoms with Crippen LogP contribution in [0.2, 0.25) is 0 Å². The molecule has 176 valence electrons. The molecule has 0 atom stereocenters. The lowest BCUT2D eigenvalue weighted by molar-refractivity contribution is -0.116. The van der Waals surface area contributed by atoms with Gasteiger partial charge in [0.15, 0.2) is 17.1 Å². The first-order chi connectivity index (χ1) is 16.9. The Hall–Kier alpha value is -4.67. The lowest BCUT2D eigenvalue weighted by Crippen LogP contribution is -2.18. The number of H-pyrrole nitrogens is 2. The molecule has 0 fully saturated rings. The lowest BCUT2D eigenvalue weighted by Gasteiger charge is -2.08. The first-order valence-corrected chi connectivity index (χ1v) is 11.1. The molecule has 5 rings (SSSR count). The van der Waals surface area contributed by atoms with Crippen LogP contribution in [0, 0.1) is 5.92 Å². The molecule has 4 N–H and O–H groups in total. The minimum atomic E-state index is -0.237. The van der Waals surface area contributed by atoms with E-state index in [4.69, 9.17) is 0 Å². The van der Waals surface area contributed by atoms with Gasteiger partial charge in [0.1, 0.15) is 5.69 Å². The van der Waals surface area contributed by atoms with E-state index in [1.165, 1.54) is 0 Å². The van der Waals surface area contributed by atoms with Crippen LogP contribution in [-0.2, 0) is 4.79 Å². The Balaban J connectivity index is 1.53. The molecule has 11 nitrogen and oxygen atoms in total. The van der Waals surface area contributed by atoms with Crippen molar-refractivity contribution >= 4 is 39.7 Å². The average Bonchev–Trinajstić information content (AvgIpc) is 3.46. The Morgan fingerprint density at radius 2 is 1.89 bits per heavy atom. The van der Waals surface area contributed by atoms with Crippen LogP contribution in [0.25, 0.3) is 44.8 Å². The van der Waals surface area contributed by atoms with Gasteiger partial charge in [0.25, 0.3) is 5.91 Å². The topological polar surface area (TPSA) is 154 Å². The van der Waals surface area contributed by atoms with Gasteiger partial charge in [-0.15, -0.1) is 0 Å². The fourth-order valence-electron chi connectivity index (χ4n) is 3.84. The Morgan fingerprint density at radius 3 is 2.69 bits per heavy atom. The minimum absolute atomic E-state index is 0.0562. The zero-order valence-corrected chi connectivity index (χ0v) is 19.4. The number of carbonyl (C=O) groups excluding carboxylic acids is 2. The van der Waals surface area contributed by atoms with Gasteiger partial charge in [0.2, 0.25) is 5.91 Å². The number of imidazole rings is 1. The maximum absolute atomic E-state index is 12.2. The highest BCUT2D eigenvalue weighted by Crippen LogP contribution is 2.30. The largest absolute Gasteiger partial charge is 0.355 e. The summed E-state index contributed by atoms with van der Waals surface area (Å²) in [7, 11) is 1.57. The molecule has 0 aliphatic rings. The van der Waals surface area contributed by atoms with Crippen molar-refractivity contribution < 1.29 is 9.59 Å². The lowest BCUT2D eigenvalue weighted by atomic mass is 10.1. The van der Waals surface area contributed by atoms with E-state index in [1.54, 1.807) is 37.9 Å². The smallest absolute Gasteiger partial charge is 0.253 e. The van der Waals surface area contributed by atoms with Crippen LogP contribution < -0.4 is 10.6 Å². The van der Waals surface area contributed by atoms with Gasteiger partial charge < -0.3 is 15.6 Å². The fraction of sp³-hybridized carbons (Fsp3) is 0.208. The molecule has 2 amide bonds. The number of carbonyl (C=O) groups is 2. The summed E-state index contributed by atoms with van der Waals surface area (Å²) < 4.78 is 0. The molecule has 0 aromatic carbocycles. The summed E-state index contributed by atoms with van der Waals surface area (Å²) in [4.78, 5) is 45.2. The number of hydrogen-bond acceptors (Lipinski definition) is 7. The van der Waals surface area contributed by atoms with Gasteiger partial charge in [0, 0.05) is 43.2 Å². The number of anilines is 1. The summed E-state index contributed by atoms with van der Waals surface area (Å²) >= 11 is 0. The van der Waals surface area contributed by atoms with E-state index in [2.05, 4.69) is 45.8 Å². The molecule has 11 heteroatoms. The van der Waals surface area contributed by atoms with Gasteiger partial charge in [-0.1, -0.05) is 13.8 Å². The Labute approximate surface area is 199 Å². The molecule has 0 aliphatic carbocycles. The van der Waals surface area contributed by atoms with Gasteiger partial charge >= 0.3 is 0 Å². The maximum atomic E-state index is 12.2. The third kappa shape index (κ3) is 4.31. The maximum Gasteiger partial charge on any atom is 0.253 e. The number of hydrogen-bond donors (Lipinski definition) is 4. The average molecular weight is 470 g/mol. The summed E-state index contributed by atoms with van der Waals surface area (Å²) in [5.41, 5.74) is 4.73. The SMILES string of the molecule is CNC(=O)c1ccnc2nc(-c3[nH]nc4ncc(-c5cncc(NC(=O)CC(C)C)c5)cc34)[nH]c12. The van der Waals surface area contributed by atoms with Crippen molar-refractivity contribution in [2.75, 3.05) is 12.4 Å². The summed E-state index contributed by atoms with van der Waals surface area (Å²) in [6.07, 6.45) is 7.00. The number of amides is 2. The summed E-state index contributed by atoms with van der Waals surface area (Å²) in [6, 6.07) is 5.42. The van der Waals surface area contributed by atoms with Gasteiger partial charge in [-0.25, -0.2) is 15.0 Å². The van der Waals surface area contributed by atoms with Crippen molar-refractivity contribution in [1.29, 1.82) is 0 Å². The van der Waals surface area contributed by atoms with Crippen LogP contribution in [0.1, 0.15) is 30.6 Å². The Kier molecular flexibility index (Phi) is 5.65. The first kappa shape index (κ1) is 22.1. The zero-order chi connectivity index (χ0) is 24.5. The van der Waals surface area contributed by atoms with E-state index >= 15 is 0 Å². The number of rotatable bonds is 6. The van der Waals surface area contributed by atoms with Crippen molar-refractivity contribution in [2.45, 2.75) is 20.3 Å². The minimum Gasteiger partial charge on any atom is -0.355 e. The monoisotopic (exact) mass is 469 g/mol. The second-order valence-electron chi connectivity index (χ2n) is 8.52. The molecular formula is C24H23N9O2. The summed E-state index contributed by atoms with van der Waals surface area (Å²) in [6.45, 7) is 3.99. The zero-order valence-electron chi connectivity index (χ0n) is 19.4. The molecule has 35 heavy (non-hydrogen) atoms. The highest BCUT2D eigenvalue weighted by molar-refractivity contribution is 6.05. The van der Waals surface area contributed by atoms with E-state index in [0.29, 0.717) is 46.0 Å². The summed E-state index contributed by atoms with van der Waals surface area (Å²) in [5.74, 6) is 0.453. The van der Waals surface area contributed by atoms with Crippen LogP contribution in [0.4, 0.5) is 5.69 Å². The van der Waals surface area contributed by atoms with Crippen molar-refractivity contribution in [3.05, 3.63) is 48.5 Å².